The SMILES string of the molecule is COc1ncc(Cc2cnc(N)nc2)cc1-c1cccc(C#N)c1. The zero-order chi connectivity index (χ0) is 16.9. The minimum atomic E-state index is 0.251. The molecule has 3 rings (SSSR count). The summed E-state index contributed by atoms with van der Waals surface area (Å²) >= 11 is 0. The lowest BCUT2D eigenvalue weighted by Gasteiger charge is -2.10. The van der Waals surface area contributed by atoms with Crippen molar-refractivity contribution in [3.8, 4) is 23.1 Å². The summed E-state index contributed by atoms with van der Waals surface area (Å²) in [5.74, 6) is 0.767. The summed E-state index contributed by atoms with van der Waals surface area (Å²) in [4.78, 5) is 12.4. The normalized spacial score (nSPS) is 10.2. The summed E-state index contributed by atoms with van der Waals surface area (Å²) < 4.78 is 5.36. The van der Waals surface area contributed by atoms with E-state index >= 15 is 0 Å². The second kappa shape index (κ2) is 6.75. The van der Waals surface area contributed by atoms with Gasteiger partial charge < -0.3 is 10.5 Å². The Balaban J connectivity index is 1.99. The maximum absolute atomic E-state index is 9.09. The number of aromatic nitrogens is 3. The highest BCUT2D eigenvalue weighted by Crippen LogP contribution is 2.30. The van der Waals surface area contributed by atoms with Crippen LogP contribution < -0.4 is 10.5 Å². The van der Waals surface area contributed by atoms with E-state index in [1.165, 1.54) is 0 Å². The molecule has 2 heterocycles. The number of nitriles is 1. The molecule has 0 unspecified atom stereocenters. The summed E-state index contributed by atoms with van der Waals surface area (Å²) in [7, 11) is 1.58. The van der Waals surface area contributed by atoms with E-state index in [2.05, 4.69) is 21.0 Å². The number of methoxy groups -OCH3 is 1. The van der Waals surface area contributed by atoms with Gasteiger partial charge in [0.15, 0.2) is 0 Å². The van der Waals surface area contributed by atoms with E-state index < -0.39 is 0 Å². The first-order valence-corrected chi connectivity index (χ1v) is 7.29. The fourth-order valence-corrected chi connectivity index (χ4v) is 2.41. The van der Waals surface area contributed by atoms with E-state index in [1.807, 2.05) is 24.3 Å². The Hall–Kier alpha value is -3.46. The quantitative estimate of drug-likeness (QED) is 0.794. The molecule has 1 aromatic carbocycles. The molecule has 0 spiro atoms. The Labute approximate surface area is 139 Å². The predicted molar refractivity (Wildman–Crippen MR) is 90.2 cm³/mol. The fourth-order valence-electron chi connectivity index (χ4n) is 2.41. The summed E-state index contributed by atoms with van der Waals surface area (Å²) in [6, 6.07) is 11.5. The van der Waals surface area contributed by atoms with Crippen LogP contribution in [0.2, 0.25) is 0 Å². The number of ether oxygens (including phenoxy) is 1. The molecule has 0 amide bonds. The average Bonchev–Trinajstić information content (AvgIpc) is 2.63. The van der Waals surface area contributed by atoms with Crippen molar-refractivity contribution < 1.29 is 4.74 Å². The molecule has 6 nitrogen and oxygen atoms in total. The number of nitrogens with zero attached hydrogens (tertiary/aromatic N) is 4. The van der Waals surface area contributed by atoms with Crippen LogP contribution in [0.3, 0.4) is 0 Å². The highest BCUT2D eigenvalue weighted by molar-refractivity contribution is 5.70. The summed E-state index contributed by atoms with van der Waals surface area (Å²) in [5.41, 5.74) is 9.74. The molecule has 0 fully saturated rings. The first kappa shape index (κ1) is 15.4. The van der Waals surface area contributed by atoms with Crippen LogP contribution in [0, 0.1) is 11.3 Å². The van der Waals surface area contributed by atoms with Gasteiger partial charge in [-0.25, -0.2) is 15.0 Å². The third-order valence-corrected chi connectivity index (χ3v) is 3.54. The lowest BCUT2D eigenvalue weighted by molar-refractivity contribution is 0.399. The van der Waals surface area contributed by atoms with E-state index in [1.54, 1.807) is 31.8 Å². The number of rotatable bonds is 4. The largest absolute Gasteiger partial charge is 0.481 e. The zero-order valence-corrected chi connectivity index (χ0v) is 13.1. The molecule has 0 aliphatic rings. The van der Waals surface area contributed by atoms with Gasteiger partial charge in [0.25, 0.3) is 0 Å². The molecular weight excluding hydrogens is 302 g/mol. The molecule has 0 saturated carbocycles. The molecule has 118 valence electrons. The number of pyridine rings is 1. The third kappa shape index (κ3) is 3.31. The lowest BCUT2D eigenvalue weighted by Crippen LogP contribution is -1.99. The summed E-state index contributed by atoms with van der Waals surface area (Å²) in [6.45, 7) is 0. The molecule has 0 aliphatic carbocycles. The maximum atomic E-state index is 9.09. The Kier molecular flexibility index (Phi) is 4.34. The van der Waals surface area contributed by atoms with Crippen LogP contribution in [0.5, 0.6) is 5.88 Å². The van der Waals surface area contributed by atoms with E-state index in [0.29, 0.717) is 17.9 Å². The predicted octanol–water partition coefficient (Wildman–Crippen LogP) is 2.59. The van der Waals surface area contributed by atoms with Crippen molar-refractivity contribution >= 4 is 5.95 Å². The van der Waals surface area contributed by atoms with E-state index in [-0.39, 0.29) is 5.95 Å². The Bertz CT molecular complexity index is 900. The number of hydrogen-bond donors (Lipinski definition) is 1. The standard InChI is InChI=1S/C18H15N5O/c1-24-17-16(15-4-2-3-12(6-15)8-19)7-13(9-21-17)5-14-10-22-18(20)23-11-14/h2-4,6-7,9-11H,5H2,1H3,(H2,20,22,23). The minimum absolute atomic E-state index is 0.251. The second-order valence-corrected chi connectivity index (χ2v) is 5.22. The van der Waals surface area contributed by atoms with Gasteiger partial charge in [-0.15, -0.1) is 0 Å². The van der Waals surface area contributed by atoms with E-state index in [4.69, 9.17) is 15.7 Å². The first-order chi connectivity index (χ1) is 11.7. The second-order valence-electron chi connectivity index (χ2n) is 5.22. The van der Waals surface area contributed by atoms with E-state index in [0.717, 1.165) is 22.3 Å². The topological polar surface area (TPSA) is 97.7 Å². The van der Waals surface area contributed by atoms with Crippen LogP contribution >= 0.6 is 0 Å². The van der Waals surface area contributed by atoms with Gasteiger partial charge in [0, 0.05) is 30.6 Å². The molecule has 2 aromatic heterocycles. The summed E-state index contributed by atoms with van der Waals surface area (Å²) in [5, 5.41) is 9.09. The van der Waals surface area contributed by atoms with Crippen LogP contribution in [0.15, 0.2) is 48.9 Å². The Morgan fingerprint density at radius 2 is 1.83 bits per heavy atom. The molecule has 24 heavy (non-hydrogen) atoms. The number of hydrogen-bond acceptors (Lipinski definition) is 6. The van der Waals surface area contributed by atoms with Crippen molar-refractivity contribution in [3.05, 3.63) is 65.6 Å². The van der Waals surface area contributed by atoms with E-state index in [9.17, 15) is 0 Å². The van der Waals surface area contributed by atoms with Gasteiger partial charge in [-0.05, 0) is 34.9 Å². The van der Waals surface area contributed by atoms with Crippen LogP contribution in [0.4, 0.5) is 5.95 Å². The highest BCUT2D eigenvalue weighted by atomic mass is 16.5. The molecule has 0 radical (unpaired) electrons. The van der Waals surface area contributed by atoms with Crippen molar-refractivity contribution in [1.29, 1.82) is 5.26 Å². The highest BCUT2D eigenvalue weighted by Gasteiger charge is 2.10. The van der Waals surface area contributed by atoms with Crippen molar-refractivity contribution in [1.82, 2.24) is 15.0 Å². The molecule has 0 aliphatic heterocycles. The van der Waals surface area contributed by atoms with Gasteiger partial charge in [-0.1, -0.05) is 12.1 Å². The number of anilines is 1. The number of benzene rings is 1. The van der Waals surface area contributed by atoms with Crippen molar-refractivity contribution in [2.45, 2.75) is 6.42 Å². The van der Waals surface area contributed by atoms with Gasteiger partial charge in [0.05, 0.1) is 18.7 Å². The molecular formula is C18H15N5O. The first-order valence-electron chi connectivity index (χ1n) is 7.29. The Morgan fingerprint density at radius 3 is 2.54 bits per heavy atom. The summed E-state index contributed by atoms with van der Waals surface area (Å²) in [6.07, 6.45) is 5.78. The smallest absolute Gasteiger partial charge is 0.221 e. The molecule has 3 aromatic rings. The minimum Gasteiger partial charge on any atom is -0.481 e. The van der Waals surface area contributed by atoms with Crippen molar-refractivity contribution in [2.75, 3.05) is 12.8 Å². The lowest BCUT2D eigenvalue weighted by atomic mass is 10.0. The van der Waals surface area contributed by atoms with Crippen LogP contribution in [0.25, 0.3) is 11.1 Å². The van der Waals surface area contributed by atoms with Gasteiger partial charge >= 0.3 is 0 Å². The van der Waals surface area contributed by atoms with Crippen LogP contribution in [0.1, 0.15) is 16.7 Å². The van der Waals surface area contributed by atoms with Gasteiger partial charge in [-0.2, -0.15) is 5.26 Å². The van der Waals surface area contributed by atoms with Gasteiger partial charge in [-0.3, -0.25) is 0 Å². The maximum Gasteiger partial charge on any atom is 0.221 e. The number of nitrogen functional groups attached to an aromatic ring is 1. The monoisotopic (exact) mass is 317 g/mol. The molecule has 6 heteroatoms. The Morgan fingerprint density at radius 1 is 1.08 bits per heavy atom. The van der Waals surface area contributed by atoms with Crippen molar-refractivity contribution in [3.63, 3.8) is 0 Å². The van der Waals surface area contributed by atoms with Crippen LogP contribution in [-0.4, -0.2) is 22.1 Å². The van der Waals surface area contributed by atoms with Crippen molar-refractivity contribution in [2.24, 2.45) is 0 Å². The molecule has 0 bridgehead atoms. The third-order valence-electron chi connectivity index (χ3n) is 3.54. The fraction of sp³-hybridized carbons (Fsp3) is 0.111. The molecule has 0 atom stereocenters. The van der Waals surface area contributed by atoms with Crippen LogP contribution in [-0.2, 0) is 6.42 Å². The number of nitrogens with two attached hydrogens (primary N) is 1. The molecule has 0 saturated heterocycles. The van der Waals surface area contributed by atoms with Gasteiger partial charge in [0.1, 0.15) is 0 Å². The van der Waals surface area contributed by atoms with Gasteiger partial charge in [0.2, 0.25) is 11.8 Å². The average molecular weight is 317 g/mol. The molecule has 2 N–H and O–H groups in total. The zero-order valence-electron chi connectivity index (χ0n) is 13.1.